The topological polar surface area (TPSA) is 57.7 Å². The predicted octanol–water partition coefficient (Wildman–Crippen LogP) is 4.36. The number of hydrogen-bond donors (Lipinski definition) is 1. The van der Waals surface area contributed by atoms with Gasteiger partial charge in [-0.25, -0.2) is 9.78 Å². The van der Waals surface area contributed by atoms with Crippen LogP contribution in [0.15, 0.2) is 24.4 Å². The number of nitrogens with zero attached hydrogens (tertiary/aromatic N) is 3. The Morgan fingerprint density at radius 1 is 1.41 bits per heavy atom. The van der Waals surface area contributed by atoms with Gasteiger partial charge in [-0.1, -0.05) is 22.9 Å². The van der Waals surface area contributed by atoms with E-state index in [1.165, 1.54) is 12.3 Å². The molecule has 29 heavy (non-hydrogen) atoms. The van der Waals surface area contributed by atoms with Crippen LogP contribution in [0.25, 0.3) is 0 Å². The summed E-state index contributed by atoms with van der Waals surface area (Å²) >= 11 is 7.02. The Morgan fingerprint density at radius 3 is 2.83 bits per heavy atom. The van der Waals surface area contributed by atoms with Crippen molar-refractivity contribution in [2.45, 2.75) is 18.0 Å². The zero-order valence-electron chi connectivity index (χ0n) is 15.4. The monoisotopic (exact) mass is 446 g/mol. The SMILES string of the molecule is CN1CCC2(C1)CN(C(=O)Nc1ncc(Cl)s1)c1ccc(OCC(F)(F)F)cc12. The molecule has 1 fully saturated rings. The molecule has 1 unspecified atom stereocenters. The molecule has 3 heterocycles. The number of carbonyl (C=O) groups excluding carboxylic acids is 1. The van der Waals surface area contributed by atoms with Crippen molar-refractivity contribution in [3.8, 4) is 5.75 Å². The minimum absolute atomic E-state index is 0.143. The van der Waals surface area contributed by atoms with E-state index in [-0.39, 0.29) is 17.2 Å². The number of nitrogens with one attached hydrogen (secondary N) is 1. The second-order valence-electron chi connectivity index (χ2n) is 7.34. The van der Waals surface area contributed by atoms with E-state index in [1.54, 1.807) is 17.0 Å². The van der Waals surface area contributed by atoms with Crippen LogP contribution in [-0.4, -0.2) is 55.4 Å². The molecule has 0 aliphatic carbocycles. The first-order valence-corrected chi connectivity index (χ1v) is 10.1. The first-order valence-electron chi connectivity index (χ1n) is 8.88. The van der Waals surface area contributed by atoms with Crippen molar-refractivity contribution < 1.29 is 22.7 Å². The van der Waals surface area contributed by atoms with Gasteiger partial charge < -0.3 is 9.64 Å². The second kappa shape index (κ2) is 7.33. The minimum atomic E-state index is -4.41. The zero-order chi connectivity index (χ0) is 20.8. The number of hydrogen-bond acceptors (Lipinski definition) is 5. The maximum absolute atomic E-state index is 12.9. The standard InChI is InChI=1S/C18H18ClF3N4O2S/c1-25-5-4-17(8-25)9-26(16(27)24-15-23-7-14(19)29-15)13-3-2-11(6-12(13)17)28-10-18(20,21)22/h2-3,6-7H,4-5,8-10H2,1H3,(H,23,24,27). The van der Waals surface area contributed by atoms with Crippen LogP contribution in [-0.2, 0) is 5.41 Å². The van der Waals surface area contributed by atoms with Crippen molar-refractivity contribution in [1.29, 1.82) is 0 Å². The maximum Gasteiger partial charge on any atom is 0.422 e. The Bertz CT molecular complexity index is 938. The van der Waals surface area contributed by atoms with Crippen molar-refractivity contribution in [1.82, 2.24) is 9.88 Å². The van der Waals surface area contributed by atoms with Gasteiger partial charge in [0.1, 0.15) is 10.1 Å². The molecule has 156 valence electrons. The van der Waals surface area contributed by atoms with Crippen LogP contribution in [0.2, 0.25) is 4.34 Å². The molecule has 1 N–H and O–H groups in total. The number of aromatic nitrogens is 1. The fraction of sp³-hybridized carbons (Fsp3) is 0.444. The van der Waals surface area contributed by atoms with Crippen molar-refractivity contribution in [3.05, 3.63) is 34.3 Å². The Morgan fingerprint density at radius 2 is 2.21 bits per heavy atom. The average molecular weight is 447 g/mol. The van der Waals surface area contributed by atoms with E-state index >= 15 is 0 Å². The van der Waals surface area contributed by atoms with Crippen LogP contribution < -0.4 is 15.0 Å². The lowest BCUT2D eigenvalue weighted by atomic mass is 9.81. The first-order chi connectivity index (χ1) is 13.7. The highest BCUT2D eigenvalue weighted by Gasteiger charge is 2.48. The number of carbonyl (C=O) groups is 1. The second-order valence-corrected chi connectivity index (χ2v) is 9.00. The number of benzene rings is 1. The summed E-state index contributed by atoms with van der Waals surface area (Å²) in [5.74, 6) is 0.143. The molecule has 1 spiro atoms. The molecule has 0 radical (unpaired) electrons. The third kappa shape index (κ3) is 4.15. The zero-order valence-corrected chi connectivity index (χ0v) is 17.0. The molecule has 11 heteroatoms. The Kier molecular flexibility index (Phi) is 5.12. The summed E-state index contributed by atoms with van der Waals surface area (Å²) in [5, 5.41) is 3.12. The number of alkyl halides is 3. The average Bonchev–Trinajstić information content (AvgIpc) is 3.31. The summed E-state index contributed by atoms with van der Waals surface area (Å²) in [6.07, 6.45) is -2.16. The fourth-order valence-corrected chi connectivity index (χ4v) is 4.79. The van der Waals surface area contributed by atoms with E-state index in [9.17, 15) is 18.0 Å². The predicted molar refractivity (Wildman–Crippen MR) is 105 cm³/mol. The highest BCUT2D eigenvalue weighted by molar-refractivity contribution is 7.19. The number of amides is 2. The molecule has 6 nitrogen and oxygen atoms in total. The third-order valence-corrected chi connectivity index (χ3v) is 6.20. The van der Waals surface area contributed by atoms with E-state index in [2.05, 4.69) is 15.2 Å². The van der Waals surface area contributed by atoms with Gasteiger partial charge in [-0.2, -0.15) is 13.2 Å². The lowest BCUT2D eigenvalue weighted by Crippen LogP contribution is -2.40. The third-order valence-electron chi connectivity index (χ3n) is 5.17. The van der Waals surface area contributed by atoms with Crippen molar-refractivity contribution in [3.63, 3.8) is 0 Å². The van der Waals surface area contributed by atoms with E-state index in [0.29, 0.717) is 28.2 Å². The molecule has 0 saturated carbocycles. The number of ether oxygens (including phenoxy) is 1. The summed E-state index contributed by atoms with van der Waals surface area (Å²) in [4.78, 5) is 20.7. The first kappa shape index (κ1) is 20.2. The van der Waals surface area contributed by atoms with E-state index < -0.39 is 12.8 Å². The Balaban J connectivity index is 1.62. The number of halogens is 4. The van der Waals surface area contributed by atoms with Crippen LogP contribution in [0, 0.1) is 0 Å². The fourth-order valence-electron chi connectivity index (χ4n) is 3.98. The molecular weight excluding hydrogens is 429 g/mol. The lowest BCUT2D eigenvalue weighted by Gasteiger charge is -2.25. The van der Waals surface area contributed by atoms with Crippen LogP contribution in [0.4, 0.5) is 28.8 Å². The summed E-state index contributed by atoms with van der Waals surface area (Å²) in [6, 6.07) is 4.38. The quantitative estimate of drug-likeness (QED) is 0.761. The molecule has 2 aliphatic rings. The molecule has 0 bridgehead atoms. The number of likely N-dealkylation sites (tertiary alicyclic amines) is 1. The number of likely N-dealkylation sites (N-methyl/N-ethyl adjacent to an activating group) is 1. The number of urea groups is 1. The molecular formula is C18H18ClF3N4O2S. The number of anilines is 2. The van der Waals surface area contributed by atoms with Crippen LogP contribution in [0.3, 0.4) is 0 Å². The van der Waals surface area contributed by atoms with Crippen LogP contribution >= 0.6 is 22.9 Å². The highest BCUT2D eigenvalue weighted by Crippen LogP contribution is 2.47. The van der Waals surface area contributed by atoms with Crippen LogP contribution in [0.5, 0.6) is 5.75 Å². The molecule has 1 atom stereocenters. The molecule has 4 rings (SSSR count). The van der Waals surface area contributed by atoms with Gasteiger partial charge in [0.2, 0.25) is 0 Å². The van der Waals surface area contributed by atoms with Gasteiger partial charge in [0.05, 0.1) is 6.20 Å². The number of rotatable bonds is 3. The van der Waals surface area contributed by atoms with Gasteiger partial charge in [0, 0.05) is 24.2 Å². The number of fused-ring (bicyclic) bond motifs is 2. The van der Waals surface area contributed by atoms with Gasteiger partial charge in [0.25, 0.3) is 0 Å². The molecule has 2 aromatic rings. The van der Waals surface area contributed by atoms with E-state index in [1.807, 2.05) is 7.05 Å². The molecule has 1 saturated heterocycles. The molecule has 1 aromatic carbocycles. The van der Waals surface area contributed by atoms with Crippen molar-refractivity contribution >= 4 is 39.8 Å². The van der Waals surface area contributed by atoms with Gasteiger partial charge in [0.15, 0.2) is 11.7 Å². The van der Waals surface area contributed by atoms with Crippen LogP contribution in [0.1, 0.15) is 12.0 Å². The molecule has 2 aliphatic heterocycles. The molecule has 1 aromatic heterocycles. The van der Waals surface area contributed by atoms with Gasteiger partial charge >= 0.3 is 12.2 Å². The lowest BCUT2D eigenvalue weighted by molar-refractivity contribution is -0.153. The van der Waals surface area contributed by atoms with Gasteiger partial charge in [-0.15, -0.1) is 0 Å². The van der Waals surface area contributed by atoms with E-state index in [4.69, 9.17) is 16.3 Å². The van der Waals surface area contributed by atoms with Crippen molar-refractivity contribution in [2.24, 2.45) is 0 Å². The van der Waals surface area contributed by atoms with Crippen molar-refractivity contribution in [2.75, 3.05) is 43.5 Å². The Hall–Kier alpha value is -2.04. The highest BCUT2D eigenvalue weighted by atomic mass is 35.5. The summed E-state index contributed by atoms with van der Waals surface area (Å²) in [7, 11) is 1.98. The maximum atomic E-state index is 12.9. The van der Waals surface area contributed by atoms with Gasteiger partial charge in [-0.3, -0.25) is 10.2 Å². The number of thiazole rings is 1. The minimum Gasteiger partial charge on any atom is -0.484 e. The largest absolute Gasteiger partial charge is 0.484 e. The summed E-state index contributed by atoms with van der Waals surface area (Å²) < 4.78 is 43.0. The smallest absolute Gasteiger partial charge is 0.422 e. The molecule has 2 amide bonds. The van der Waals surface area contributed by atoms with E-state index in [0.717, 1.165) is 29.9 Å². The normalized spacial score (nSPS) is 21.6. The van der Waals surface area contributed by atoms with Gasteiger partial charge in [-0.05, 0) is 43.8 Å². The Labute approximate surface area is 174 Å². The summed E-state index contributed by atoms with van der Waals surface area (Å²) in [6.45, 7) is 0.619. The summed E-state index contributed by atoms with van der Waals surface area (Å²) in [5.41, 5.74) is 1.15.